The highest BCUT2D eigenvalue weighted by Crippen LogP contribution is 2.23. The molecule has 0 spiro atoms. The molecule has 1 atom stereocenters. The third-order valence-corrected chi connectivity index (χ3v) is 3.81. The molecule has 0 aliphatic heterocycles. The molecule has 0 saturated heterocycles. The van der Waals surface area contributed by atoms with Crippen LogP contribution >= 0.6 is 0 Å². The molecular formula is C16H23N3O. The van der Waals surface area contributed by atoms with E-state index in [0.29, 0.717) is 6.04 Å². The summed E-state index contributed by atoms with van der Waals surface area (Å²) < 4.78 is 5.29. The lowest BCUT2D eigenvalue weighted by atomic mass is 10.1. The lowest BCUT2D eigenvalue weighted by Gasteiger charge is -2.24. The van der Waals surface area contributed by atoms with E-state index in [9.17, 15) is 0 Å². The third-order valence-electron chi connectivity index (χ3n) is 3.81. The summed E-state index contributed by atoms with van der Waals surface area (Å²) in [6, 6.07) is 8.51. The SMILES string of the molecule is COc1cccc([C@H](C)N(C)Cc2nc(C)c(C)[nH]2)c1. The Kier molecular flexibility index (Phi) is 4.45. The molecule has 0 aliphatic rings. The molecule has 0 unspecified atom stereocenters. The van der Waals surface area contributed by atoms with Gasteiger partial charge in [-0.2, -0.15) is 0 Å². The lowest BCUT2D eigenvalue weighted by Crippen LogP contribution is -2.22. The van der Waals surface area contributed by atoms with Crippen LogP contribution in [0.5, 0.6) is 5.75 Å². The topological polar surface area (TPSA) is 41.1 Å². The molecule has 0 aliphatic carbocycles. The van der Waals surface area contributed by atoms with E-state index in [0.717, 1.165) is 29.5 Å². The first-order chi connectivity index (χ1) is 9.51. The first-order valence-electron chi connectivity index (χ1n) is 6.87. The summed E-state index contributed by atoms with van der Waals surface area (Å²) in [5.74, 6) is 1.91. The van der Waals surface area contributed by atoms with Crippen LogP contribution in [0.3, 0.4) is 0 Å². The summed E-state index contributed by atoms with van der Waals surface area (Å²) in [4.78, 5) is 10.1. The highest BCUT2D eigenvalue weighted by Gasteiger charge is 2.14. The van der Waals surface area contributed by atoms with Gasteiger partial charge in [-0.25, -0.2) is 4.98 Å². The average Bonchev–Trinajstić information content (AvgIpc) is 2.76. The monoisotopic (exact) mass is 273 g/mol. The number of aryl methyl sites for hydroxylation is 2. The second kappa shape index (κ2) is 6.09. The number of H-pyrrole nitrogens is 1. The summed E-state index contributed by atoms with van der Waals surface area (Å²) in [6.07, 6.45) is 0. The van der Waals surface area contributed by atoms with Crippen molar-refractivity contribution in [1.29, 1.82) is 0 Å². The molecule has 2 aromatic rings. The van der Waals surface area contributed by atoms with E-state index in [4.69, 9.17) is 4.74 Å². The van der Waals surface area contributed by atoms with Crippen LogP contribution < -0.4 is 4.74 Å². The zero-order valence-electron chi connectivity index (χ0n) is 12.9. The molecule has 1 heterocycles. The Balaban J connectivity index is 2.09. The summed E-state index contributed by atoms with van der Waals surface area (Å²) in [5.41, 5.74) is 3.46. The summed E-state index contributed by atoms with van der Waals surface area (Å²) in [6.45, 7) is 7.07. The van der Waals surface area contributed by atoms with E-state index in [2.05, 4.69) is 47.9 Å². The number of benzene rings is 1. The molecule has 0 fully saturated rings. The number of rotatable bonds is 5. The minimum absolute atomic E-state index is 0.302. The number of aromatic nitrogens is 2. The predicted octanol–water partition coefficient (Wildman–Crippen LogP) is 3.23. The van der Waals surface area contributed by atoms with Crippen molar-refractivity contribution in [3.63, 3.8) is 0 Å². The van der Waals surface area contributed by atoms with Crippen molar-refractivity contribution in [1.82, 2.24) is 14.9 Å². The maximum Gasteiger partial charge on any atom is 0.120 e. The Morgan fingerprint density at radius 1 is 1.35 bits per heavy atom. The second-order valence-electron chi connectivity index (χ2n) is 5.26. The van der Waals surface area contributed by atoms with Crippen molar-refractivity contribution < 1.29 is 4.74 Å². The number of nitrogens with one attached hydrogen (secondary N) is 1. The van der Waals surface area contributed by atoms with Gasteiger partial charge < -0.3 is 9.72 Å². The van der Waals surface area contributed by atoms with Crippen LogP contribution in [-0.2, 0) is 6.54 Å². The fourth-order valence-electron chi connectivity index (χ4n) is 2.23. The smallest absolute Gasteiger partial charge is 0.120 e. The fourth-order valence-corrected chi connectivity index (χ4v) is 2.23. The molecule has 2 rings (SSSR count). The first kappa shape index (κ1) is 14.6. The van der Waals surface area contributed by atoms with Crippen molar-refractivity contribution in [3.8, 4) is 5.75 Å². The Morgan fingerprint density at radius 3 is 2.70 bits per heavy atom. The Hall–Kier alpha value is -1.81. The molecule has 4 nitrogen and oxygen atoms in total. The van der Waals surface area contributed by atoms with Gasteiger partial charge in [-0.05, 0) is 45.5 Å². The lowest BCUT2D eigenvalue weighted by molar-refractivity contribution is 0.247. The van der Waals surface area contributed by atoms with Crippen molar-refractivity contribution >= 4 is 0 Å². The average molecular weight is 273 g/mol. The van der Waals surface area contributed by atoms with Gasteiger partial charge in [0, 0.05) is 11.7 Å². The van der Waals surface area contributed by atoms with Gasteiger partial charge in [-0.1, -0.05) is 12.1 Å². The van der Waals surface area contributed by atoms with Crippen LogP contribution in [0, 0.1) is 13.8 Å². The summed E-state index contributed by atoms with van der Waals surface area (Å²) in [5, 5.41) is 0. The van der Waals surface area contributed by atoms with E-state index < -0.39 is 0 Å². The van der Waals surface area contributed by atoms with Crippen LogP contribution in [0.15, 0.2) is 24.3 Å². The van der Waals surface area contributed by atoms with Gasteiger partial charge in [0.15, 0.2) is 0 Å². The number of imidazole rings is 1. The van der Waals surface area contributed by atoms with Crippen LogP contribution in [0.1, 0.15) is 35.7 Å². The van der Waals surface area contributed by atoms with Gasteiger partial charge in [-0.3, -0.25) is 4.90 Å². The number of hydrogen-bond acceptors (Lipinski definition) is 3. The minimum atomic E-state index is 0.302. The number of nitrogens with zero attached hydrogens (tertiary/aromatic N) is 2. The molecule has 1 aromatic heterocycles. The van der Waals surface area contributed by atoms with Crippen LogP contribution in [0.25, 0.3) is 0 Å². The highest BCUT2D eigenvalue weighted by molar-refractivity contribution is 5.30. The van der Waals surface area contributed by atoms with Gasteiger partial charge in [0.2, 0.25) is 0 Å². The van der Waals surface area contributed by atoms with E-state index in [1.807, 2.05) is 19.1 Å². The molecule has 1 aromatic carbocycles. The molecule has 0 bridgehead atoms. The van der Waals surface area contributed by atoms with E-state index in [1.54, 1.807) is 7.11 Å². The predicted molar refractivity (Wildman–Crippen MR) is 80.9 cm³/mol. The number of hydrogen-bond donors (Lipinski definition) is 1. The molecule has 20 heavy (non-hydrogen) atoms. The molecule has 0 amide bonds. The molecular weight excluding hydrogens is 250 g/mol. The van der Waals surface area contributed by atoms with Gasteiger partial charge in [-0.15, -0.1) is 0 Å². The minimum Gasteiger partial charge on any atom is -0.497 e. The molecule has 4 heteroatoms. The van der Waals surface area contributed by atoms with Crippen molar-refractivity contribution in [3.05, 3.63) is 47.0 Å². The number of methoxy groups -OCH3 is 1. The van der Waals surface area contributed by atoms with Crippen molar-refractivity contribution in [2.45, 2.75) is 33.4 Å². The quantitative estimate of drug-likeness (QED) is 0.909. The Morgan fingerprint density at radius 2 is 2.10 bits per heavy atom. The van der Waals surface area contributed by atoms with Crippen LogP contribution in [-0.4, -0.2) is 29.0 Å². The zero-order valence-corrected chi connectivity index (χ0v) is 12.9. The molecule has 108 valence electrons. The maximum atomic E-state index is 5.29. The van der Waals surface area contributed by atoms with Crippen LogP contribution in [0.2, 0.25) is 0 Å². The molecule has 0 radical (unpaired) electrons. The van der Waals surface area contributed by atoms with Gasteiger partial charge in [0.05, 0.1) is 19.3 Å². The van der Waals surface area contributed by atoms with Crippen molar-refractivity contribution in [2.24, 2.45) is 0 Å². The number of ether oxygens (including phenoxy) is 1. The first-order valence-corrected chi connectivity index (χ1v) is 6.87. The highest BCUT2D eigenvalue weighted by atomic mass is 16.5. The Labute approximate surface area is 120 Å². The number of aromatic amines is 1. The largest absolute Gasteiger partial charge is 0.497 e. The standard InChI is InChI=1S/C16H23N3O/c1-11-12(2)18-16(17-11)10-19(4)13(3)14-7-6-8-15(9-14)20-5/h6-9,13H,10H2,1-5H3,(H,17,18)/t13-/m0/s1. The maximum absolute atomic E-state index is 5.29. The van der Waals surface area contributed by atoms with Gasteiger partial charge in [0.25, 0.3) is 0 Å². The van der Waals surface area contributed by atoms with Gasteiger partial charge >= 0.3 is 0 Å². The van der Waals surface area contributed by atoms with Gasteiger partial charge in [0.1, 0.15) is 11.6 Å². The Bertz CT molecular complexity index is 557. The van der Waals surface area contributed by atoms with E-state index >= 15 is 0 Å². The zero-order chi connectivity index (χ0) is 14.7. The van der Waals surface area contributed by atoms with E-state index in [1.165, 1.54) is 5.56 Å². The normalized spacial score (nSPS) is 12.7. The summed E-state index contributed by atoms with van der Waals surface area (Å²) >= 11 is 0. The fraction of sp³-hybridized carbons (Fsp3) is 0.438. The summed E-state index contributed by atoms with van der Waals surface area (Å²) in [7, 11) is 3.80. The van der Waals surface area contributed by atoms with Crippen LogP contribution in [0.4, 0.5) is 0 Å². The van der Waals surface area contributed by atoms with Crippen molar-refractivity contribution in [2.75, 3.05) is 14.2 Å². The van der Waals surface area contributed by atoms with E-state index in [-0.39, 0.29) is 0 Å². The molecule has 0 saturated carbocycles. The second-order valence-corrected chi connectivity index (χ2v) is 5.26. The third kappa shape index (κ3) is 3.20. The molecule has 1 N–H and O–H groups in total.